The van der Waals surface area contributed by atoms with E-state index in [1.54, 1.807) is 18.2 Å². The molecule has 114 valence electrons. The van der Waals surface area contributed by atoms with Crippen molar-refractivity contribution in [3.63, 3.8) is 0 Å². The number of anilines is 1. The number of rotatable bonds is 4. The molecule has 0 saturated heterocycles. The largest absolute Gasteiger partial charge is 0.452 e. The molecule has 2 N–H and O–H groups in total. The SMILES string of the molecule is Cc1ccc(NC(=O)COC(=O)c2ccc[nH]c2=O)cc1Cl. The lowest BCUT2D eigenvalue weighted by Gasteiger charge is -2.07. The van der Waals surface area contributed by atoms with E-state index < -0.39 is 24.0 Å². The minimum absolute atomic E-state index is 0.159. The van der Waals surface area contributed by atoms with Gasteiger partial charge in [-0.15, -0.1) is 0 Å². The Labute approximate surface area is 131 Å². The van der Waals surface area contributed by atoms with E-state index >= 15 is 0 Å². The van der Waals surface area contributed by atoms with E-state index in [1.165, 1.54) is 18.3 Å². The van der Waals surface area contributed by atoms with Gasteiger partial charge in [0.15, 0.2) is 6.61 Å². The van der Waals surface area contributed by atoms with E-state index in [2.05, 4.69) is 10.3 Å². The summed E-state index contributed by atoms with van der Waals surface area (Å²) in [7, 11) is 0. The Hall–Kier alpha value is -2.60. The van der Waals surface area contributed by atoms with E-state index in [0.717, 1.165) is 5.56 Å². The number of aromatic nitrogens is 1. The minimum atomic E-state index is -0.862. The molecule has 0 aliphatic carbocycles. The third-order valence-corrected chi connectivity index (χ3v) is 3.24. The van der Waals surface area contributed by atoms with E-state index in [-0.39, 0.29) is 5.56 Å². The van der Waals surface area contributed by atoms with Crippen LogP contribution in [-0.4, -0.2) is 23.5 Å². The zero-order chi connectivity index (χ0) is 16.1. The van der Waals surface area contributed by atoms with Crippen molar-refractivity contribution in [1.82, 2.24) is 4.98 Å². The second-order valence-corrected chi connectivity index (χ2v) is 4.91. The van der Waals surface area contributed by atoms with Crippen LogP contribution in [-0.2, 0) is 9.53 Å². The number of ether oxygens (including phenoxy) is 1. The number of pyridine rings is 1. The highest BCUT2D eigenvalue weighted by Gasteiger charge is 2.13. The second kappa shape index (κ2) is 6.91. The zero-order valence-electron chi connectivity index (χ0n) is 11.7. The van der Waals surface area contributed by atoms with Crippen LogP contribution in [0.2, 0.25) is 5.02 Å². The van der Waals surface area contributed by atoms with Gasteiger partial charge in [-0.3, -0.25) is 9.59 Å². The molecule has 1 aromatic heterocycles. The average molecular weight is 321 g/mol. The molecule has 22 heavy (non-hydrogen) atoms. The van der Waals surface area contributed by atoms with E-state index in [9.17, 15) is 14.4 Å². The number of benzene rings is 1. The molecule has 0 aliphatic heterocycles. The summed E-state index contributed by atoms with van der Waals surface area (Å²) >= 11 is 5.95. The molecule has 2 aromatic rings. The normalized spacial score (nSPS) is 10.1. The van der Waals surface area contributed by atoms with Gasteiger partial charge in [-0.05, 0) is 36.8 Å². The van der Waals surface area contributed by atoms with Crippen LogP contribution in [0.15, 0.2) is 41.3 Å². The van der Waals surface area contributed by atoms with Gasteiger partial charge in [0.25, 0.3) is 11.5 Å². The Morgan fingerprint density at radius 2 is 2.09 bits per heavy atom. The lowest BCUT2D eigenvalue weighted by Crippen LogP contribution is -2.24. The number of aromatic amines is 1. The van der Waals surface area contributed by atoms with Crippen molar-refractivity contribution in [1.29, 1.82) is 0 Å². The number of aryl methyl sites for hydroxylation is 1. The molecule has 0 aliphatic rings. The summed E-state index contributed by atoms with van der Waals surface area (Å²) < 4.78 is 4.79. The van der Waals surface area contributed by atoms with E-state index in [1.807, 2.05) is 6.92 Å². The summed E-state index contributed by atoms with van der Waals surface area (Å²) in [6.45, 7) is 1.34. The second-order valence-electron chi connectivity index (χ2n) is 4.50. The van der Waals surface area contributed by atoms with Crippen LogP contribution in [0.5, 0.6) is 0 Å². The van der Waals surface area contributed by atoms with Crippen molar-refractivity contribution in [2.75, 3.05) is 11.9 Å². The predicted octanol–water partition coefficient (Wildman–Crippen LogP) is 2.13. The molecule has 0 fully saturated rings. The van der Waals surface area contributed by atoms with Gasteiger partial charge in [0.1, 0.15) is 5.56 Å². The first-order valence-corrected chi connectivity index (χ1v) is 6.76. The van der Waals surface area contributed by atoms with Gasteiger partial charge in [0.05, 0.1) is 0 Å². The fraction of sp³-hybridized carbons (Fsp3) is 0.133. The molecule has 0 unspecified atom stereocenters. The van der Waals surface area contributed by atoms with Gasteiger partial charge in [0.2, 0.25) is 0 Å². The molecule has 1 aromatic carbocycles. The monoisotopic (exact) mass is 320 g/mol. The molecule has 2 rings (SSSR count). The Morgan fingerprint density at radius 3 is 2.77 bits per heavy atom. The Bertz CT molecular complexity index is 770. The lowest BCUT2D eigenvalue weighted by atomic mass is 10.2. The lowest BCUT2D eigenvalue weighted by molar-refractivity contribution is -0.119. The van der Waals surface area contributed by atoms with Crippen LogP contribution in [0.25, 0.3) is 0 Å². The van der Waals surface area contributed by atoms with E-state index in [4.69, 9.17) is 16.3 Å². The van der Waals surface area contributed by atoms with E-state index in [0.29, 0.717) is 10.7 Å². The molecule has 1 amide bonds. The molecule has 0 bridgehead atoms. The Morgan fingerprint density at radius 1 is 1.32 bits per heavy atom. The summed E-state index contributed by atoms with van der Waals surface area (Å²) in [5.41, 5.74) is 0.649. The maximum atomic E-state index is 11.7. The standard InChI is InChI=1S/C15H13ClN2O4/c1-9-4-5-10(7-12(9)16)18-13(19)8-22-15(21)11-3-2-6-17-14(11)20/h2-7H,8H2,1H3,(H,17,20)(H,18,19). The number of nitrogens with one attached hydrogen (secondary N) is 2. The quantitative estimate of drug-likeness (QED) is 0.845. The fourth-order valence-corrected chi connectivity index (χ4v) is 1.84. The predicted molar refractivity (Wildman–Crippen MR) is 82.2 cm³/mol. The molecular formula is C15H13ClN2O4. The van der Waals surface area contributed by atoms with Crippen molar-refractivity contribution in [3.8, 4) is 0 Å². The number of hydrogen-bond acceptors (Lipinski definition) is 4. The minimum Gasteiger partial charge on any atom is -0.452 e. The average Bonchev–Trinajstić information content (AvgIpc) is 2.49. The highest BCUT2D eigenvalue weighted by atomic mass is 35.5. The summed E-state index contributed by atoms with van der Waals surface area (Å²) in [6, 6.07) is 7.85. The first-order valence-electron chi connectivity index (χ1n) is 6.38. The van der Waals surface area contributed by atoms with Crippen molar-refractivity contribution in [2.24, 2.45) is 0 Å². The third-order valence-electron chi connectivity index (χ3n) is 2.83. The molecule has 0 atom stereocenters. The number of H-pyrrole nitrogens is 1. The third kappa shape index (κ3) is 3.95. The van der Waals surface area contributed by atoms with Gasteiger partial charge in [-0.1, -0.05) is 17.7 Å². The van der Waals surface area contributed by atoms with Gasteiger partial charge in [-0.25, -0.2) is 4.79 Å². The van der Waals surface area contributed by atoms with Gasteiger partial charge < -0.3 is 15.0 Å². The molecule has 1 heterocycles. The number of halogens is 1. The number of esters is 1. The maximum Gasteiger partial charge on any atom is 0.344 e. The molecule has 0 radical (unpaired) electrons. The molecule has 0 saturated carbocycles. The molecule has 0 spiro atoms. The van der Waals surface area contributed by atoms with Crippen molar-refractivity contribution < 1.29 is 14.3 Å². The van der Waals surface area contributed by atoms with Gasteiger partial charge in [-0.2, -0.15) is 0 Å². The molecule has 7 heteroatoms. The smallest absolute Gasteiger partial charge is 0.344 e. The van der Waals surface area contributed by atoms with Crippen LogP contribution in [0.3, 0.4) is 0 Å². The van der Waals surface area contributed by atoms with Crippen LogP contribution in [0.4, 0.5) is 5.69 Å². The number of amides is 1. The number of carbonyl (C=O) groups is 2. The molecular weight excluding hydrogens is 308 g/mol. The first kappa shape index (κ1) is 15.8. The summed E-state index contributed by atoms with van der Waals surface area (Å²) in [4.78, 5) is 37.1. The fourth-order valence-electron chi connectivity index (χ4n) is 1.66. The van der Waals surface area contributed by atoms with Crippen molar-refractivity contribution >= 4 is 29.2 Å². The first-order chi connectivity index (χ1) is 10.5. The Kier molecular flexibility index (Phi) is 4.95. The molecule has 6 nitrogen and oxygen atoms in total. The topological polar surface area (TPSA) is 88.3 Å². The summed E-state index contributed by atoms with van der Waals surface area (Å²) in [5, 5.41) is 3.06. The van der Waals surface area contributed by atoms with Crippen molar-refractivity contribution in [3.05, 3.63) is 63.0 Å². The highest BCUT2D eigenvalue weighted by Crippen LogP contribution is 2.19. The summed E-state index contributed by atoms with van der Waals surface area (Å²) in [6.07, 6.45) is 1.40. The summed E-state index contributed by atoms with van der Waals surface area (Å²) in [5.74, 6) is -1.39. The van der Waals surface area contributed by atoms with Gasteiger partial charge in [0, 0.05) is 16.9 Å². The Balaban J connectivity index is 1.93. The van der Waals surface area contributed by atoms with Crippen LogP contribution >= 0.6 is 11.6 Å². The van der Waals surface area contributed by atoms with Crippen LogP contribution in [0, 0.1) is 6.92 Å². The zero-order valence-corrected chi connectivity index (χ0v) is 12.4. The number of carbonyl (C=O) groups excluding carboxylic acids is 2. The maximum absolute atomic E-state index is 11.7. The highest BCUT2D eigenvalue weighted by molar-refractivity contribution is 6.31. The van der Waals surface area contributed by atoms with Gasteiger partial charge >= 0.3 is 5.97 Å². The number of hydrogen-bond donors (Lipinski definition) is 2. The van der Waals surface area contributed by atoms with Crippen LogP contribution in [0.1, 0.15) is 15.9 Å². The van der Waals surface area contributed by atoms with Crippen molar-refractivity contribution in [2.45, 2.75) is 6.92 Å². The van der Waals surface area contributed by atoms with Crippen LogP contribution < -0.4 is 10.9 Å².